The monoisotopic (exact) mass is 126 g/mol. The Bertz CT molecular complexity index is 118. The van der Waals surface area contributed by atoms with Crippen LogP contribution in [0.1, 0.15) is 20.3 Å². The number of ether oxygens (including phenoxy) is 1. The zero-order chi connectivity index (χ0) is 6.85. The molecule has 1 rings (SSSR count). The molecule has 1 aliphatic rings. The summed E-state index contributed by atoms with van der Waals surface area (Å²) in [6, 6.07) is 0. The SMILES string of the molecule is C=C1CO[C@@H](C)C[C@H]1C. The Labute approximate surface area is 56.7 Å². The van der Waals surface area contributed by atoms with E-state index in [1.807, 2.05) is 0 Å². The van der Waals surface area contributed by atoms with Gasteiger partial charge in [0.25, 0.3) is 0 Å². The maximum absolute atomic E-state index is 5.36. The van der Waals surface area contributed by atoms with Gasteiger partial charge in [-0.1, -0.05) is 13.5 Å². The third-order valence-electron chi connectivity index (χ3n) is 1.94. The lowest BCUT2D eigenvalue weighted by Gasteiger charge is -2.26. The van der Waals surface area contributed by atoms with E-state index in [0.717, 1.165) is 13.0 Å². The van der Waals surface area contributed by atoms with E-state index in [2.05, 4.69) is 20.4 Å². The molecular weight excluding hydrogens is 112 g/mol. The topological polar surface area (TPSA) is 9.23 Å². The molecule has 0 amide bonds. The lowest BCUT2D eigenvalue weighted by molar-refractivity contribution is 0.0399. The third-order valence-corrected chi connectivity index (χ3v) is 1.94. The van der Waals surface area contributed by atoms with Gasteiger partial charge in [0.15, 0.2) is 0 Å². The van der Waals surface area contributed by atoms with E-state index in [0.29, 0.717) is 12.0 Å². The van der Waals surface area contributed by atoms with E-state index in [1.165, 1.54) is 5.57 Å². The molecule has 52 valence electrons. The summed E-state index contributed by atoms with van der Waals surface area (Å²) in [6.07, 6.45) is 1.57. The highest BCUT2D eigenvalue weighted by atomic mass is 16.5. The molecule has 2 atom stereocenters. The van der Waals surface area contributed by atoms with Crippen LogP contribution in [0.3, 0.4) is 0 Å². The second-order valence-electron chi connectivity index (χ2n) is 2.92. The fourth-order valence-corrected chi connectivity index (χ4v) is 1.12. The molecule has 1 saturated heterocycles. The number of rotatable bonds is 0. The van der Waals surface area contributed by atoms with Crippen molar-refractivity contribution in [2.45, 2.75) is 26.4 Å². The predicted octanol–water partition coefficient (Wildman–Crippen LogP) is 1.99. The van der Waals surface area contributed by atoms with Crippen molar-refractivity contribution in [3.8, 4) is 0 Å². The first-order valence-corrected chi connectivity index (χ1v) is 3.49. The highest BCUT2D eigenvalue weighted by Crippen LogP contribution is 2.22. The Morgan fingerprint density at radius 1 is 1.56 bits per heavy atom. The lowest BCUT2D eigenvalue weighted by atomic mass is 9.94. The van der Waals surface area contributed by atoms with Crippen LogP contribution in [-0.2, 0) is 4.74 Å². The van der Waals surface area contributed by atoms with Crippen LogP contribution in [0.2, 0.25) is 0 Å². The molecule has 0 aromatic heterocycles. The molecule has 0 N–H and O–H groups in total. The summed E-state index contributed by atoms with van der Waals surface area (Å²) in [6.45, 7) is 8.99. The Balaban J connectivity index is 2.44. The summed E-state index contributed by atoms with van der Waals surface area (Å²) < 4.78 is 5.36. The standard InChI is InChI=1S/C8H14O/c1-6-4-8(3)9-5-7(6)2/h6,8H,2,4-5H2,1,3H3/t6-,8+/m1/s1. The Kier molecular flexibility index (Phi) is 1.91. The van der Waals surface area contributed by atoms with Crippen LogP contribution in [0.25, 0.3) is 0 Å². The molecule has 1 nitrogen and oxygen atoms in total. The highest BCUT2D eigenvalue weighted by Gasteiger charge is 2.17. The predicted molar refractivity (Wildman–Crippen MR) is 38.3 cm³/mol. The second-order valence-corrected chi connectivity index (χ2v) is 2.92. The van der Waals surface area contributed by atoms with E-state index >= 15 is 0 Å². The maximum atomic E-state index is 5.36. The Morgan fingerprint density at radius 3 is 2.67 bits per heavy atom. The Hall–Kier alpha value is -0.300. The van der Waals surface area contributed by atoms with Crippen molar-refractivity contribution < 1.29 is 4.74 Å². The van der Waals surface area contributed by atoms with Gasteiger partial charge in [0.2, 0.25) is 0 Å². The van der Waals surface area contributed by atoms with Crippen LogP contribution >= 0.6 is 0 Å². The molecule has 0 aromatic rings. The molecule has 0 saturated carbocycles. The van der Waals surface area contributed by atoms with Crippen molar-refractivity contribution in [1.29, 1.82) is 0 Å². The van der Waals surface area contributed by atoms with Gasteiger partial charge >= 0.3 is 0 Å². The smallest absolute Gasteiger partial charge is 0.0680 e. The zero-order valence-electron chi connectivity index (χ0n) is 6.18. The van der Waals surface area contributed by atoms with Crippen molar-refractivity contribution in [2.75, 3.05) is 6.61 Å². The third kappa shape index (κ3) is 1.55. The molecule has 1 aliphatic heterocycles. The maximum Gasteiger partial charge on any atom is 0.0680 e. The molecule has 0 spiro atoms. The fourth-order valence-electron chi connectivity index (χ4n) is 1.12. The molecule has 0 aromatic carbocycles. The molecule has 0 bridgehead atoms. The van der Waals surface area contributed by atoms with Crippen LogP contribution in [0.5, 0.6) is 0 Å². The van der Waals surface area contributed by atoms with Crippen LogP contribution < -0.4 is 0 Å². The summed E-state index contributed by atoms with van der Waals surface area (Å²) in [7, 11) is 0. The summed E-state index contributed by atoms with van der Waals surface area (Å²) >= 11 is 0. The quantitative estimate of drug-likeness (QED) is 0.451. The van der Waals surface area contributed by atoms with E-state index in [9.17, 15) is 0 Å². The van der Waals surface area contributed by atoms with Gasteiger partial charge < -0.3 is 4.74 Å². The average Bonchev–Trinajstić information content (AvgIpc) is 1.80. The van der Waals surface area contributed by atoms with Crippen LogP contribution in [0.15, 0.2) is 12.2 Å². The van der Waals surface area contributed by atoms with E-state index in [-0.39, 0.29) is 0 Å². The van der Waals surface area contributed by atoms with Gasteiger partial charge in [-0.3, -0.25) is 0 Å². The summed E-state index contributed by atoms with van der Waals surface area (Å²) in [5.74, 6) is 0.661. The molecule has 0 unspecified atom stereocenters. The Morgan fingerprint density at radius 2 is 2.22 bits per heavy atom. The first-order chi connectivity index (χ1) is 4.20. The fraction of sp³-hybridized carbons (Fsp3) is 0.750. The van der Waals surface area contributed by atoms with Gasteiger partial charge in [0.1, 0.15) is 0 Å². The molecule has 0 radical (unpaired) electrons. The van der Waals surface area contributed by atoms with Gasteiger partial charge in [-0.05, 0) is 24.8 Å². The first kappa shape index (κ1) is 6.81. The average molecular weight is 126 g/mol. The van der Waals surface area contributed by atoms with Crippen molar-refractivity contribution in [3.05, 3.63) is 12.2 Å². The van der Waals surface area contributed by atoms with Crippen molar-refractivity contribution in [2.24, 2.45) is 5.92 Å². The largest absolute Gasteiger partial charge is 0.374 e. The number of hydrogen-bond donors (Lipinski definition) is 0. The van der Waals surface area contributed by atoms with Gasteiger partial charge in [-0.2, -0.15) is 0 Å². The summed E-state index contributed by atoms with van der Waals surface area (Å²) in [5.41, 5.74) is 1.24. The molecule has 1 fully saturated rings. The summed E-state index contributed by atoms with van der Waals surface area (Å²) in [4.78, 5) is 0. The molecule has 9 heavy (non-hydrogen) atoms. The molecular formula is C8H14O. The second kappa shape index (κ2) is 2.53. The van der Waals surface area contributed by atoms with Crippen molar-refractivity contribution >= 4 is 0 Å². The van der Waals surface area contributed by atoms with Crippen LogP contribution in [-0.4, -0.2) is 12.7 Å². The molecule has 1 heteroatoms. The summed E-state index contributed by atoms with van der Waals surface area (Å²) in [5, 5.41) is 0. The normalized spacial score (nSPS) is 36.9. The molecule has 0 aliphatic carbocycles. The van der Waals surface area contributed by atoms with E-state index in [1.54, 1.807) is 0 Å². The first-order valence-electron chi connectivity index (χ1n) is 3.49. The minimum Gasteiger partial charge on any atom is -0.374 e. The van der Waals surface area contributed by atoms with E-state index < -0.39 is 0 Å². The van der Waals surface area contributed by atoms with Crippen molar-refractivity contribution in [1.82, 2.24) is 0 Å². The zero-order valence-corrected chi connectivity index (χ0v) is 6.18. The van der Waals surface area contributed by atoms with Crippen molar-refractivity contribution in [3.63, 3.8) is 0 Å². The van der Waals surface area contributed by atoms with E-state index in [4.69, 9.17) is 4.74 Å². The van der Waals surface area contributed by atoms with Crippen LogP contribution in [0.4, 0.5) is 0 Å². The highest BCUT2D eigenvalue weighted by molar-refractivity contribution is 5.02. The van der Waals surface area contributed by atoms with Gasteiger partial charge in [0.05, 0.1) is 12.7 Å². The molecule has 1 heterocycles. The minimum atomic E-state index is 0.436. The van der Waals surface area contributed by atoms with Gasteiger partial charge in [-0.25, -0.2) is 0 Å². The lowest BCUT2D eigenvalue weighted by Crippen LogP contribution is -2.23. The van der Waals surface area contributed by atoms with Gasteiger partial charge in [-0.15, -0.1) is 0 Å². The minimum absolute atomic E-state index is 0.436. The van der Waals surface area contributed by atoms with Crippen LogP contribution in [0, 0.1) is 5.92 Å². The van der Waals surface area contributed by atoms with Gasteiger partial charge in [0, 0.05) is 0 Å². The number of hydrogen-bond acceptors (Lipinski definition) is 1.